The van der Waals surface area contributed by atoms with Crippen molar-refractivity contribution in [3.8, 4) is 0 Å². The van der Waals surface area contributed by atoms with Crippen LogP contribution in [0.15, 0.2) is 0 Å². The molecule has 1 atom stereocenters. The lowest BCUT2D eigenvalue weighted by Gasteiger charge is -2.23. The van der Waals surface area contributed by atoms with Crippen molar-refractivity contribution in [2.24, 2.45) is 11.7 Å². The Bertz CT molecular complexity index is 186. The molecule has 0 aromatic heterocycles. The molecule has 0 aliphatic rings. The van der Waals surface area contributed by atoms with Crippen LogP contribution in [-0.4, -0.2) is 44.2 Å². The fraction of sp³-hybridized carbons (Fsp3) is 0.917. The maximum absolute atomic E-state index is 12.0. The van der Waals surface area contributed by atoms with Crippen molar-refractivity contribution >= 4 is 5.91 Å². The van der Waals surface area contributed by atoms with Gasteiger partial charge in [0, 0.05) is 33.2 Å². The first-order chi connectivity index (χ1) is 7.65. The first kappa shape index (κ1) is 15.4. The van der Waals surface area contributed by atoms with Gasteiger partial charge in [-0.2, -0.15) is 0 Å². The molecule has 0 radical (unpaired) electrons. The summed E-state index contributed by atoms with van der Waals surface area (Å²) in [5, 5.41) is 0. The van der Waals surface area contributed by atoms with Crippen LogP contribution in [0.5, 0.6) is 0 Å². The van der Waals surface area contributed by atoms with Gasteiger partial charge in [0.1, 0.15) is 0 Å². The van der Waals surface area contributed by atoms with Gasteiger partial charge in [-0.3, -0.25) is 4.79 Å². The van der Waals surface area contributed by atoms with Gasteiger partial charge in [-0.1, -0.05) is 13.8 Å². The molecule has 0 aliphatic carbocycles. The minimum atomic E-state index is 0.222. The molecule has 0 saturated heterocycles. The van der Waals surface area contributed by atoms with E-state index in [1.54, 1.807) is 7.11 Å². The minimum Gasteiger partial charge on any atom is -0.384 e. The molecule has 2 N–H and O–H groups in total. The van der Waals surface area contributed by atoms with Gasteiger partial charge in [0.2, 0.25) is 5.91 Å². The topological polar surface area (TPSA) is 55.6 Å². The zero-order chi connectivity index (χ0) is 12.4. The number of carbonyl (C=O) groups excluding carboxylic acids is 1. The van der Waals surface area contributed by atoms with E-state index in [0.717, 1.165) is 25.9 Å². The van der Waals surface area contributed by atoms with Crippen LogP contribution in [0.3, 0.4) is 0 Å². The van der Waals surface area contributed by atoms with Gasteiger partial charge in [0.15, 0.2) is 0 Å². The summed E-state index contributed by atoms with van der Waals surface area (Å²) in [5.41, 5.74) is 5.46. The van der Waals surface area contributed by atoms with Crippen LogP contribution >= 0.6 is 0 Å². The number of carbonyl (C=O) groups is 1. The van der Waals surface area contributed by atoms with Gasteiger partial charge in [-0.15, -0.1) is 0 Å². The highest BCUT2D eigenvalue weighted by Gasteiger charge is 2.15. The molecule has 4 heteroatoms. The Labute approximate surface area is 99.1 Å². The summed E-state index contributed by atoms with van der Waals surface area (Å²) in [6, 6.07) is 0. The van der Waals surface area contributed by atoms with Crippen molar-refractivity contribution in [3.63, 3.8) is 0 Å². The highest BCUT2D eigenvalue weighted by atomic mass is 16.5. The van der Waals surface area contributed by atoms with Crippen LogP contribution in [0.1, 0.15) is 33.1 Å². The number of nitrogens with zero attached hydrogens (tertiary/aromatic N) is 1. The van der Waals surface area contributed by atoms with Crippen LogP contribution in [0, 0.1) is 5.92 Å². The van der Waals surface area contributed by atoms with Crippen molar-refractivity contribution in [1.82, 2.24) is 4.90 Å². The molecule has 0 aromatic carbocycles. The van der Waals surface area contributed by atoms with Crippen LogP contribution in [0.25, 0.3) is 0 Å². The lowest BCUT2D eigenvalue weighted by atomic mass is 10.1. The Morgan fingerprint density at radius 1 is 1.44 bits per heavy atom. The van der Waals surface area contributed by atoms with Gasteiger partial charge in [-0.25, -0.2) is 0 Å². The number of hydrogen-bond acceptors (Lipinski definition) is 3. The molecule has 0 saturated carbocycles. The van der Waals surface area contributed by atoms with Gasteiger partial charge in [0.05, 0.1) is 0 Å². The number of methoxy groups -OCH3 is 1. The highest BCUT2D eigenvalue weighted by Crippen LogP contribution is 2.07. The van der Waals surface area contributed by atoms with E-state index in [4.69, 9.17) is 10.5 Å². The molecule has 0 aromatic rings. The molecule has 1 unspecified atom stereocenters. The molecule has 0 aliphatic heterocycles. The van der Waals surface area contributed by atoms with E-state index in [9.17, 15) is 4.79 Å². The van der Waals surface area contributed by atoms with E-state index in [-0.39, 0.29) is 11.8 Å². The van der Waals surface area contributed by atoms with Crippen molar-refractivity contribution in [3.05, 3.63) is 0 Å². The summed E-state index contributed by atoms with van der Waals surface area (Å²) in [6.45, 7) is 7.01. The molecule has 0 heterocycles. The summed E-state index contributed by atoms with van der Waals surface area (Å²) in [7, 11) is 1.67. The second-order valence-corrected chi connectivity index (χ2v) is 4.29. The minimum absolute atomic E-state index is 0.222. The smallest absolute Gasteiger partial charge is 0.222 e. The molecular weight excluding hydrogens is 204 g/mol. The third-order valence-electron chi connectivity index (χ3n) is 2.45. The molecular formula is C12H26N2O2. The molecule has 96 valence electrons. The maximum Gasteiger partial charge on any atom is 0.222 e. The molecule has 0 spiro atoms. The standard InChI is InChI=1S/C12H26N2O2/c1-4-7-14(8-5-6-13)12(15)9-11(2)10-16-3/h11H,4-10,13H2,1-3H3. The Morgan fingerprint density at radius 2 is 2.12 bits per heavy atom. The largest absolute Gasteiger partial charge is 0.384 e. The third-order valence-corrected chi connectivity index (χ3v) is 2.45. The molecule has 1 amide bonds. The first-order valence-corrected chi connectivity index (χ1v) is 6.12. The predicted octanol–water partition coefficient (Wildman–Crippen LogP) is 1.25. The molecule has 16 heavy (non-hydrogen) atoms. The Morgan fingerprint density at radius 3 is 2.62 bits per heavy atom. The number of amides is 1. The molecule has 0 bridgehead atoms. The average Bonchev–Trinajstić information content (AvgIpc) is 2.24. The molecule has 4 nitrogen and oxygen atoms in total. The van der Waals surface area contributed by atoms with E-state index in [1.165, 1.54) is 0 Å². The summed E-state index contributed by atoms with van der Waals surface area (Å²) in [5.74, 6) is 0.509. The number of hydrogen-bond donors (Lipinski definition) is 1. The monoisotopic (exact) mass is 230 g/mol. The summed E-state index contributed by atoms with van der Waals surface area (Å²) in [6.07, 6.45) is 2.44. The fourth-order valence-corrected chi connectivity index (χ4v) is 1.68. The van der Waals surface area contributed by atoms with Crippen LogP contribution in [0.4, 0.5) is 0 Å². The van der Waals surface area contributed by atoms with Crippen LogP contribution in [-0.2, 0) is 9.53 Å². The Balaban J connectivity index is 4.04. The van der Waals surface area contributed by atoms with Crippen molar-refractivity contribution in [2.75, 3.05) is 33.4 Å². The van der Waals surface area contributed by atoms with E-state index >= 15 is 0 Å². The summed E-state index contributed by atoms with van der Waals surface area (Å²) < 4.78 is 5.03. The van der Waals surface area contributed by atoms with Crippen molar-refractivity contribution in [2.45, 2.75) is 33.1 Å². The van der Waals surface area contributed by atoms with E-state index in [1.807, 2.05) is 11.8 Å². The van der Waals surface area contributed by atoms with E-state index < -0.39 is 0 Å². The van der Waals surface area contributed by atoms with Gasteiger partial charge >= 0.3 is 0 Å². The average molecular weight is 230 g/mol. The third kappa shape index (κ3) is 6.80. The number of nitrogens with two attached hydrogens (primary N) is 1. The first-order valence-electron chi connectivity index (χ1n) is 6.12. The SMILES string of the molecule is CCCN(CCCN)C(=O)CC(C)COC. The Hall–Kier alpha value is -0.610. The predicted molar refractivity (Wildman–Crippen MR) is 66.2 cm³/mol. The van der Waals surface area contributed by atoms with Gasteiger partial charge in [0.25, 0.3) is 0 Å². The highest BCUT2D eigenvalue weighted by molar-refractivity contribution is 5.76. The molecule has 0 fully saturated rings. The van der Waals surface area contributed by atoms with E-state index in [0.29, 0.717) is 19.6 Å². The van der Waals surface area contributed by atoms with Crippen LogP contribution in [0.2, 0.25) is 0 Å². The number of ether oxygens (including phenoxy) is 1. The molecule has 0 rings (SSSR count). The number of rotatable bonds is 9. The van der Waals surface area contributed by atoms with Crippen molar-refractivity contribution in [1.29, 1.82) is 0 Å². The zero-order valence-electron chi connectivity index (χ0n) is 10.9. The van der Waals surface area contributed by atoms with Gasteiger partial charge in [-0.05, 0) is 25.3 Å². The fourth-order valence-electron chi connectivity index (χ4n) is 1.68. The second kappa shape index (κ2) is 9.60. The van der Waals surface area contributed by atoms with Crippen molar-refractivity contribution < 1.29 is 9.53 Å². The van der Waals surface area contributed by atoms with E-state index in [2.05, 4.69) is 6.92 Å². The zero-order valence-corrected chi connectivity index (χ0v) is 10.9. The lowest BCUT2D eigenvalue weighted by Crippen LogP contribution is -2.34. The lowest BCUT2D eigenvalue weighted by molar-refractivity contribution is -0.132. The quantitative estimate of drug-likeness (QED) is 0.648. The Kier molecular flexibility index (Phi) is 9.24. The van der Waals surface area contributed by atoms with Crippen LogP contribution < -0.4 is 5.73 Å². The normalized spacial score (nSPS) is 12.5. The maximum atomic E-state index is 12.0. The second-order valence-electron chi connectivity index (χ2n) is 4.29. The summed E-state index contributed by atoms with van der Waals surface area (Å²) >= 11 is 0. The van der Waals surface area contributed by atoms with Gasteiger partial charge < -0.3 is 15.4 Å². The summed E-state index contributed by atoms with van der Waals surface area (Å²) in [4.78, 5) is 13.9.